The van der Waals surface area contributed by atoms with Crippen LogP contribution in [-0.2, 0) is 17.1 Å². The highest BCUT2D eigenvalue weighted by Crippen LogP contribution is 2.43. The van der Waals surface area contributed by atoms with Gasteiger partial charge in [-0.2, -0.15) is 26.3 Å². The minimum Gasteiger partial charge on any atom is -0.506 e. The van der Waals surface area contributed by atoms with Crippen molar-refractivity contribution in [1.82, 2.24) is 0 Å². The van der Waals surface area contributed by atoms with Crippen molar-refractivity contribution < 1.29 is 41.0 Å². The zero-order valence-corrected chi connectivity index (χ0v) is 9.89. The number of carbonyl (C=O) groups excluding carboxylic acids is 1. The van der Waals surface area contributed by atoms with E-state index in [1.54, 1.807) is 0 Å². The lowest BCUT2D eigenvalue weighted by atomic mass is 10.0. The molecule has 1 rings (SSSR count). The molecule has 1 aromatic carbocycles. The predicted molar refractivity (Wildman–Crippen MR) is 54.1 cm³/mol. The summed E-state index contributed by atoms with van der Waals surface area (Å²) < 4.78 is 79.8. The lowest BCUT2D eigenvalue weighted by Gasteiger charge is -2.17. The molecule has 0 heterocycles. The van der Waals surface area contributed by atoms with Crippen LogP contribution in [0.5, 0.6) is 5.75 Å². The molecule has 0 aromatic heterocycles. The molecule has 0 unspecified atom stereocenters. The number of phenolic OH excluding ortho intramolecular Hbond substituents is 1. The molecule has 1 N–H and O–H groups in total. The van der Waals surface area contributed by atoms with E-state index < -0.39 is 40.8 Å². The number of aromatic hydroxyl groups is 1. The summed E-state index contributed by atoms with van der Waals surface area (Å²) in [6, 6.07) is 0.135. The van der Waals surface area contributed by atoms with Crippen LogP contribution in [0.25, 0.3) is 0 Å². The van der Waals surface area contributed by atoms with Gasteiger partial charge in [-0.15, -0.1) is 0 Å². The van der Waals surface area contributed by atoms with Crippen molar-refractivity contribution in [3.05, 3.63) is 28.8 Å². The molecule has 112 valence electrons. The van der Waals surface area contributed by atoms with Gasteiger partial charge in [0.1, 0.15) is 11.3 Å². The Kier molecular flexibility index (Phi) is 4.21. The fraction of sp³-hybridized carbons (Fsp3) is 0.364. The standard InChI is InChI=1S/C11H8F6O3/c1-2-20-9(19)7-5(10(12,13)14)3-4-6(8(7)18)11(15,16)17/h3-4,18H,2H2,1H3. The Morgan fingerprint density at radius 1 is 1.10 bits per heavy atom. The van der Waals surface area contributed by atoms with E-state index in [4.69, 9.17) is 0 Å². The fourth-order valence-corrected chi connectivity index (χ4v) is 1.47. The van der Waals surface area contributed by atoms with Gasteiger partial charge in [-0.25, -0.2) is 4.79 Å². The highest BCUT2D eigenvalue weighted by atomic mass is 19.4. The van der Waals surface area contributed by atoms with Crippen molar-refractivity contribution in [2.24, 2.45) is 0 Å². The van der Waals surface area contributed by atoms with E-state index in [2.05, 4.69) is 4.74 Å². The number of halogens is 6. The maximum absolute atomic E-state index is 12.7. The van der Waals surface area contributed by atoms with Gasteiger partial charge in [0.2, 0.25) is 0 Å². The molecule has 0 fully saturated rings. The third-order valence-electron chi connectivity index (χ3n) is 2.27. The number of rotatable bonds is 2. The number of carbonyl (C=O) groups is 1. The van der Waals surface area contributed by atoms with E-state index in [9.17, 15) is 36.2 Å². The maximum Gasteiger partial charge on any atom is 0.419 e. The van der Waals surface area contributed by atoms with Crippen molar-refractivity contribution >= 4 is 5.97 Å². The van der Waals surface area contributed by atoms with Gasteiger partial charge in [-0.05, 0) is 19.1 Å². The second kappa shape index (κ2) is 5.22. The van der Waals surface area contributed by atoms with Crippen molar-refractivity contribution in [1.29, 1.82) is 0 Å². The first-order valence-corrected chi connectivity index (χ1v) is 5.17. The molecule has 0 spiro atoms. The molecular weight excluding hydrogens is 294 g/mol. The summed E-state index contributed by atoms with van der Waals surface area (Å²) in [5.41, 5.74) is -4.98. The van der Waals surface area contributed by atoms with Crippen LogP contribution in [0.2, 0.25) is 0 Å². The number of hydrogen-bond acceptors (Lipinski definition) is 3. The van der Waals surface area contributed by atoms with Crippen LogP contribution < -0.4 is 0 Å². The van der Waals surface area contributed by atoms with Crippen LogP contribution in [0.15, 0.2) is 12.1 Å². The number of benzene rings is 1. The Balaban J connectivity index is 3.59. The molecule has 0 bridgehead atoms. The third kappa shape index (κ3) is 3.14. The van der Waals surface area contributed by atoms with Gasteiger partial charge in [0.15, 0.2) is 0 Å². The summed E-state index contributed by atoms with van der Waals surface area (Å²) in [6.45, 7) is 0.904. The monoisotopic (exact) mass is 302 g/mol. The zero-order valence-electron chi connectivity index (χ0n) is 9.89. The largest absolute Gasteiger partial charge is 0.506 e. The smallest absolute Gasteiger partial charge is 0.419 e. The van der Waals surface area contributed by atoms with Crippen LogP contribution in [0, 0.1) is 0 Å². The van der Waals surface area contributed by atoms with Crippen molar-refractivity contribution in [2.45, 2.75) is 19.3 Å². The quantitative estimate of drug-likeness (QED) is 0.670. The average Bonchev–Trinajstić information content (AvgIpc) is 2.25. The van der Waals surface area contributed by atoms with Gasteiger partial charge in [0, 0.05) is 0 Å². The lowest BCUT2D eigenvalue weighted by molar-refractivity contribution is -0.142. The Hall–Kier alpha value is -1.93. The maximum atomic E-state index is 12.7. The fourth-order valence-electron chi connectivity index (χ4n) is 1.47. The number of phenols is 1. The molecule has 9 heteroatoms. The van der Waals surface area contributed by atoms with E-state index in [1.165, 1.54) is 6.92 Å². The van der Waals surface area contributed by atoms with Gasteiger partial charge in [0.05, 0.1) is 17.7 Å². The van der Waals surface area contributed by atoms with E-state index in [-0.39, 0.29) is 18.7 Å². The summed E-state index contributed by atoms with van der Waals surface area (Å²) in [7, 11) is 0. The van der Waals surface area contributed by atoms with Crippen LogP contribution in [0.3, 0.4) is 0 Å². The van der Waals surface area contributed by atoms with Gasteiger partial charge in [0.25, 0.3) is 0 Å². The molecule has 0 aliphatic rings. The number of ether oxygens (including phenoxy) is 1. The Labute approximate surface area is 108 Å². The highest BCUT2D eigenvalue weighted by molar-refractivity contribution is 5.95. The number of hydrogen-bond donors (Lipinski definition) is 1. The predicted octanol–water partition coefficient (Wildman–Crippen LogP) is 3.61. The van der Waals surface area contributed by atoms with Crippen LogP contribution in [0.1, 0.15) is 28.4 Å². The van der Waals surface area contributed by atoms with E-state index in [0.717, 1.165) is 0 Å². The first-order chi connectivity index (χ1) is 9.00. The van der Waals surface area contributed by atoms with Gasteiger partial charge in [-0.1, -0.05) is 0 Å². The number of alkyl halides is 6. The first kappa shape index (κ1) is 16.1. The van der Waals surface area contributed by atoms with Gasteiger partial charge in [-0.3, -0.25) is 0 Å². The van der Waals surface area contributed by atoms with E-state index >= 15 is 0 Å². The highest BCUT2D eigenvalue weighted by Gasteiger charge is 2.42. The Morgan fingerprint density at radius 3 is 1.95 bits per heavy atom. The molecule has 0 atom stereocenters. The first-order valence-electron chi connectivity index (χ1n) is 5.17. The average molecular weight is 302 g/mol. The Morgan fingerprint density at radius 2 is 1.55 bits per heavy atom. The summed E-state index contributed by atoms with van der Waals surface area (Å²) in [5, 5.41) is 9.34. The zero-order chi connectivity index (χ0) is 15.7. The van der Waals surface area contributed by atoms with Gasteiger partial charge >= 0.3 is 18.3 Å². The molecule has 0 aliphatic carbocycles. The molecule has 0 radical (unpaired) electrons. The molecule has 0 aliphatic heterocycles. The molecule has 0 saturated carbocycles. The van der Waals surface area contributed by atoms with Crippen molar-refractivity contribution in [3.63, 3.8) is 0 Å². The molecule has 20 heavy (non-hydrogen) atoms. The summed E-state index contributed by atoms with van der Waals surface area (Å²) in [6.07, 6.45) is -10.2. The van der Waals surface area contributed by atoms with Crippen LogP contribution in [0.4, 0.5) is 26.3 Å². The summed E-state index contributed by atoms with van der Waals surface area (Å²) in [5.74, 6) is -3.48. The molecule has 3 nitrogen and oxygen atoms in total. The van der Waals surface area contributed by atoms with Crippen LogP contribution >= 0.6 is 0 Å². The normalized spacial score (nSPS) is 12.3. The van der Waals surface area contributed by atoms with Gasteiger partial charge < -0.3 is 9.84 Å². The third-order valence-corrected chi connectivity index (χ3v) is 2.27. The molecular formula is C11H8F6O3. The lowest BCUT2D eigenvalue weighted by Crippen LogP contribution is -2.18. The number of esters is 1. The minimum atomic E-state index is -5.11. The summed E-state index contributed by atoms with van der Waals surface area (Å²) in [4.78, 5) is 11.4. The van der Waals surface area contributed by atoms with Crippen molar-refractivity contribution in [2.75, 3.05) is 6.61 Å². The second-order valence-corrected chi connectivity index (χ2v) is 3.60. The summed E-state index contributed by atoms with van der Waals surface area (Å²) >= 11 is 0. The molecule has 1 aromatic rings. The van der Waals surface area contributed by atoms with Crippen molar-refractivity contribution in [3.8, 4) is 5.75 Å². The second-order valence-electron chi connectivity index (χ2n) is 3.60. The topological polar surface area (TPSA) is 46.5 Å². The van der Waals surface area contributed by atoms with E-state index in [0.29, 0.717) is 0 Å². The van der Waals surface area contributed by atoms with Crippen LogP contribution in [-0.4, -0.2) is 17.7 Å². The molecule has 0 amide bonds. The molecule has 0 saturated heterocycles. The Bertz CT molecular complexity index is 518. The SMILES string of the molecule is CCOC(=O)c1c(C(F)(F)F)ccc(C(F)(F)F)c1O. The van der Waals surface area contributed by atoms with E-state index in [1.807, 2.05) is 0 Å². The minimum absolute atomic E-state index is 0.0564.